The Morgan fingerprint density at radius 3 is 2.62 bits per heavy atom. The van der Waals surface area contributed by atoms with Crippen LogP contribution in [0.1, 0.15) is 5.56 Å². The predicted octanol–water partition coefficient (Wildman–Crippen LogP) is 3.00. The molecule has 2 amide bonds. The van der Waals surface area contributed by atoms with Gasteiger partial charge in [0, 0.05) is 23.9 Å². The molecule has 0 fully saturated rings. The summed E-state index contributed by atoms with van der Waals surface area (Å²) in [5, 5.41) is 11.7. The SMILES string of the molecule is COc1ccccc1CN(CCO)C(=O)Nc1ccc(F)c(F)c1. The number of anilines is 1. The van der Waals surface area contributed by atoms with Crippen molar-refractivity contribution in [2.45, 2.75) is 6.54 Å². The van der Waals surface area contributed by atoms with Gasteiger partial charge in [0.25, 0.3) is 0 Å². The Balaban J connectivity index is 2.13. The number of aliphatic hydroxyl groups is 1. The first-order chi connectivity index (χ1) is 11.5. The van der Waals surface area contributed by atoms with E-state index in [9.17, 15) is 18.7 Å². The van der Waals surface area contributed by atoms with Crippen LogP contribution in [0.4, 0.5) is 19.3 Å². The van der Waals surface area contributed by atoms with Crippen LogP contribution in [-0.2, 0) is 6.54 Å². The van der Waals surface area contributed by atoms with Crippen molar-refractivity contribution in [3.05, 3.63) is 59.7 Å². The summed E-state index contributed by atoms with van der Waals surface area (Å²) in [6, 6.07) is 9.72. The predicted molar refractivity (Wildman–Crippen MR) is 85.9 cm³/mol. The molecule has 0 aliphatic rings. The molecule has 24 heavy (non-hydrogen) atoms. The number of rotatable bonds is 6. The summed E-state index contributed by atoms with van der Waals surface area (Å²) in [6.07, 6.45) is 0. The van der Waals surface area contributed by atoms with Crippen LogP contribution in [0.5, 0.6) is 5.75 Å². The molecule has 0 unspecified atom stereocenters. The van der Waals surface area contributed by atoms with Gasteiger partial charge >= 0.3 is 6.03 Å². The number of nitrogens with zero attached hydrogens (tertiary/aromatic N) is 1. The first kappa shape index (κ1) is 17.7. The number of halogens is 2. The molecule has 0 spiro atoms. The first-order valence-corrected chi connectivity index (χ1v) is 7.29. The van der Waals surface area contributed by atoms with Crippen LogP contribution in [0, 0.1) is 11.6 Å². The minimum absolute atomic E-state index is 0.0769. The lowest BCUT2D eigenvalue weighted by molar-refractivity contribution is 0.184. The van der Waals surface area contributed by atoms with E-state index in [1.54, 1.807) is 18.2 Å². The van der Waals surface area contributed by atoms with Gasteiger partial charge < -0.3 is 20.1 Å². The quantitative estimate of drug-likeness (QED) is 0.852. The maximum absolute atomic E-state index is 13.2. The zero-order chi connectivity index (χ0) is 17.5. The van der Waals surface area contributed by atoms with E-state index in [1.807, 2.05) is 6.07 Å². The second-order valence-electron chi connectivity index (χ2n) is 5.02. The van der Waals surface area contributed by atoms with Gasteiger partial charge in [-0.05, 0) is 18.2 Å². The molecule has 5 nitrogen and oxygen atoms in total. The van der Waals surface area contributed by atoms with E-state index in [-0.39, 0.29) is 25.4 Å². The van der Waals surface area contributed by atoms with E-state index in [0.29, 0.717) is 5.75 Å². The van der Waals surface area contributed by atoms with E-state index < -0.39 is 17.7 Å². The fourth-order valence-electron chi connectivity index (χ4n) is 2.19. The number of para-hydroxylation sites is 1. The van der Waals surface area contributed by atoms with Gasteiger partial charge in [-0.1, -0.05) is 18.2 Å². The van der Waals surface area contributed by atoms with Crippen LogP contribution in [-0.4, -0.2) is 36.3 Å². The molecule has 0 heterocycles. The molecule has 0 radical (unpaired) electrons. The lowest BCUT2D eigenvalue weighted by Gasteiger charge is -2.23. The largest absolute Gasteiger partial charge is 0.496 e. The topological polar surface area (TPSA) is 61.8 Å². The molecular formula is C17H18F2N2O3. The number of hydrogen-bond donors (Lipinski definition) is 2. The van der Waals surface area contributed by atoms with Gasteiger partial charge in [-0.3, -0.25) is 0 Å². The second-order valence-corrected chi connectivity index (χ2v) is 5.02. The van der Waals surface area contributed by atoms with Gasteiger partial charge in [-0.15, -0.1) is 0 Å². The molecule has 2 rings (SSSR count). The zero-order valence-corrected chi connectivity index (χ0v) is 13.1. The van der Waals surface area contributed by atoms with Crippen LogP contribution in [0.2, 0.25) is 0 Å². The number of nitrogens with one attached hydrogen (secondary N) is 1. The standard InChI is InChI=1S/C17H18F2N2O3/c1-24-16-5-3-2-4-12(16)11-21(8-9-22)17(23)20-13-6-7-14(18)15(19)10-13/h2-7,10,22H,8-9,11H2,1H3,(H,20,23). The molecule has 0 atom stereocenters. The van der Waals surface area contributed by atoms with E-state index in [2.05, 4.69) is 5.32 Å². The Kier molecular flexibility index (Phi) is 6.08. The molecule has 0 aliphatic heterocycles. The van der Waals surface area contributed by atoms with Gasteiger partial charge in [0.2, 0.25) is 0 Å². The average molecular weight is 336 g/mol. The minimum Gasteiger partial charge on any atom is -0.496 e. The van der Waals surface area contributed by atoms with E-state index in [1.165, 1.54) is 18.1 Å². The third kappa shape index (κ3) is 4.42. The van der Waals surface area contributed by atoms with Crippen molar-refractivity contribution in [1.82, 2.24) is 4.90 Å². The van der Waals surface area contributed by atoms with Crippen molar-refractivity contribution in [3.63, 3.8) is 0 Å². The Hall–Kier alpha value is -2.67. The van der Waals surface area contributed by atoms with E-state index in [4.69, 9.17) is 4.74 Å². The third-order valence-corrected chi connectivity index (χ3v) is 3.38. The highest BCUT2D eigenvalue weighted by Crippen LogP contribution is 2.20. The summed E-state index contributed by atoms with van der Waals surface area (Å²) in [6.45, 7) is 0.0357. The lowest BCUT2D eigenvalue weighted by Crippen LogP contribution is -2.36. The average Bonchev–Trinajstić information content (AvgIpc) is 2.58. The molecule has 0 aromatic heterocycles. The molecule has 128 valence electrons. The molecular weight excluding hydrogens is 318 g/mol. The lowest BCUT2D eigenvalue weighted by atomic mass is 10.2. The minimum atomic E-state index is -1.05. The van der Waals surface area contributed by atoms with Crippen molar-refractivity contribution in [3.8, 4) is 5.75 Å². The van der Waals surface area contributed by atoms with Crippen molar-refractivity contribution in [1.29, 1.82) is 0 Å². The highest BCUT2D eigenvalue weighted by atomic mass is 19.2. The van der Waals surface area contributed by atoms with Crippen molar-refractivity contribution >= 4 is 11.7 Å². The fourth-order valence-corrected chi connectivity index (χ4v) is 2.19. The summed E-state index contributed by atoms with van der Waals surface area (Å²) in [4.78, 5) is 13.7. The number of urea groups is 1. The normalized spacial score (nSPS) is 10.3. The van der Waals surface area contributed by atoms with Crippen LogP contribution in [0.3, 0.4) is 0 Å². The van der Waals surface area contributed by atoms with Gasteiger partial charge in [0.15, 0.2) is 11.6 Å². The molecule has 0 saturated heterocycles. The number of methoxy groups -OCH3 is 1. The van der Waals surface area contributed by atoms with Gasteiger partial charge in [0.1, 0.15) is 5.75 Å². The number of carbonyl (C=O) groups excluding carboxylic acids is 1. The third-order valence-electron chi connectivity index (χ3n) is 3.38. The number of aliphatic hydroxyl groups excluding tert-OH is 1. The van der Waals surface area contributed by atoms with Crippen LogP contribution < -0.4 is 10.1 Å². The van der Waals surface area contributed by atoms with Crippen LogP contribution in [0.15, 0.2) is 42.5 Å². The number of carbonyl (C=O) groups is 1. The number of ether oxygens (including phenoxy) is 1. The van der Waals surface area contributed by atoms with E-state index in [0.717, 1.165) is 17.7 Å². The summed E-state index contributed by atoms with van der Waals surface area (Å²) in [5.41, 5.74) is 0.885. The van der Waals surface area contributed by atoms with Gasteiger partial charge in [0.05, 0.1) is 20.3 Å². The molecule has 7 heteroatoms. The highest BCUT2D eigenvalue weighted by molar-refractivity contribution is 5.89. The summed E-state index contributed by atoms with van der Waals surface area (Å²) in [7, 11) is 1.52. The molecule has 2 aromatic carbocycles. The molecule has 0 aliphatic carbocycles. The summed E-state index contributed by atoms with van der Waals surface area (Å²) < 4.78 is 31.4. The monoisotopic (exact) mass is 336 g/mol. The van der Waals surface area contributed by atoms with Crippen LogP contribution in [0.25, 0.3) is 0 Å². The van der Waals surface area contributed by atoms with Crippen molar-refractivity contribution in [2.75, 3.05) is 25.6 Å². The maximum Gasteiger partial charge on any atom is 0.322 e. The first-order valence-electron chi connectivity index (χ1n) is 7.29. The number of hydrogen-bond acceptors (Lipinski definition) is 3. The molecule has 2 aromatic rings. The zero-order valence-electron chi connectivity index (χ0n) is 13.1. The second kappa shape index (κ2) is 8.26. The molecule has 2 N–H and O–H groups in total. The Bertz CT molecular complexity index is 710. The maximum atomic E-state index is 13.2. The van der Waals surface area contributed by atoms with Gasteiger partial charge in [-0.2, -0.15) is 0 Å². The summed E-state index contributed by atoms with van der Waals surface area (Å²) >= 11 is 0. The van der Waals surface area contributed by atoms with Gasteiger partial charge in [-0.25, -0.2) is 13.6 Å². The van der Waals surface area contributed by atoms with E-state index >= 15 is 0 Å². The molecule has 0 saturated carbocycles. The number of amides is 2. The Morgan fingerprint density at radius 1 is 1.21 bits per heavy atom. The van der Waals surface area contributed by atoms with Crippen LogP contribution >= 0.6 is 0 Å². The Morgan fingerprint density at radius 2 is 1.96 bits per heavy atom. The van der Waals surface area contributed by atoms with Crippen molar-refractivity contribution in [2.24, 2.45) is 0 Å². The van der Waals surface area contributed by atoms with Crippen molar-refractivity contribution < 1.29 is 23.4 Å². The summed E-state index contributed by atoms with van der Waals surface area (Å²) in [5.74, 6) is -1.43. The number of benzene rings is 2. The smallest absolute Gasteiger partial charge is 0.322 e. The Labute approximate surface area is 138 Å². The molecule has 0 bridgehead atoms. The fraction of sp³-hybridized carbons (Fsp3) is 0.235. The highest BCUT2D eigenvalue weighted by Gasteiger charge is 2.16.